The molecule has 1 fully saturated rings. The van der Waals surface area contributed by atoms with Crippen LogP contribution in [0.2, 0.25) is 0 Å². The van der Waals surface area contributed by atoms with E-state index in [4.69, 9.17) is 5.73 Å². The highest BCUT2D eigenvalue weighted by Gasteiger charge is 2.44. The Labute approximate surface area is 175 Å². The number of rotatable bonds is 3. The van der Waals surface area contributed by atoms with Crippen LogP contribution in [-0.4, -0.2) is 35.7 Å². The smallest absolute Gasteiger partial charge is 0.329 e. The average molecular weight is 480 g/mol. The minimum Gasteiger partial charge on any atom is -0.329 e. The fraction of sp³-hybridized carbons (Fsp3) is 0.556. The van der Waals surface area contributed by atoms with E-state index in [9.17, 15) is 49.1 Å². The van der Waals surface area contributed by atoms with Crippen LogP contribution in [0.15, 0.2) is 18.2 Å². The molecule has 1 aromatic rings. The lowest BCUT2D eigenvalue weighted by molar-refractivity contribution is -0.230. The van der Waals surface area contributed by atoms with Crippen molar-refractivity contribution in [2.45, 2.75) is 50.3 Å². The number of nitrogens with two attached hydrogens (primary N) is 1. The van der Waals surface area contributed by atoms with Gasteiger partial charge in [-0.15, -0.1) is 0 Å². The number of halogens is 9. The molecule has 2 N–H and O–H groups in total. The molecule has 0 radical (unpaired) electrons. The molecule has 32 heavy (non-hydrogen) atoms. The number of carbonyl (C=O) groups is 2. The van der Waals surface area contributed by atoms with Crippen LogP contribution in [0.4, 0.5) is 39.5 Å². The summed E-state index contributed by atoms with van der Waals surface area (Å²) in [5, 5.41) is -0.146. The number of alkyl halides is 9. The average Bonchev–Trinajstić information content (AvgIpc) is 2.66. The van der Waals surface area contributed by atoms with Crippen molar-refractivity contribution in [3.05, 3.63) is 34.9 Å². The molecular formula is C18H17F9N2O3. The lowest BCUT2D eigenvalue weighted by Crippen LogP contribution is -2.42. The van der Waals surface area contributed by atoms with Gasteiger partial charge in [0.25, 0.3) is 5.91 Å². The van der Waals surface area contributed by atoms with E-state index in [0.717, 1.165) is 0 Å². The Bertz CT molecular complexity index is 809. The maximum atomic E-state index is 13.0. The Morgan fingerprint density at radius 1 is 0.875 bits per heavy atom. The SMILES string of the molecule is NC1CCC(CN(OC(=O)C(F)(F)F)C(=O)c2cc(C(F)(F)F)cc(C(F)(F)F)c2)CC1. The van der Waals surface area contributed by atoms with Crippen LogP contribution in [0, 0.1) is 5.92 Å². The lowest BCUT2D eigenvalue weighted by atomic mass is 9.86. The predicted molar refractivity (Wildman–Crippen MR) is 89.6 cm³/mol. The molecule has 0 bridgehead atoms. The van der Waals surface area contributed by atoms with Crippen molar-refractivity contribution in [2.75, 3.05) is 6.54 Å². The highest BCUT2D eigenvalue weighted by atomic mass is 19.4. The van der Waals surface area contributed by atoms with Crippen molar-refractivity contribution in [1.82, 2.24) is 5.06 Å². The zero-order valence-corrected chi connectivity index (χ0v) is 16.1. The quantitative estimate of drug-likeness (QED) is 0.503. The van der Waals surface area contributed by atoms with Crippen LogP contribution in [0.3, 0.4) is 0 Å². The first-order valence-electron chi connectivity index (χ1n) is 9.14. The van der Waals surface area contributed by atoms with E-state index in [-0.39, 0.29) is 29.3 Å². The van der Waals surface area contributed by atoms with Gasteiger partial charge < -0.3 is 10.6 Å². The maximum Gasteiger partial charge on any atom is 0.493 e. The molecule has 1 aliphatic carbocycles. The van der Waals surface area contributed by atoms with Gasteiger partial charge in [-0.3, -0.25) is 4.79 Å². The summed E-state index contributed by atoms with van der Waals surface area (Å²) in [7, 11) is 0. The minimum atomic E-state index is -5.56. The summed E-state index contributed by atoms with van der Waals surface area (Å²) in [6.45, 7) is -0.662. The Morgan fingerprint density at radius 2 is 1.34 bits per heavy atom. The number of hydroxylamine groups is 2. The molecule has 0 aliphatic heterocycles. The van der Waals surface area contributed by atoms with Crippen LogP contribution in [0.25, 0.3) is 0 Å². The van der Waals surface area contributed by atoms with Crippen LogP contribution in [0.5, 0.6) is 0 Å². The molecule has 5 nitrogen and oxygen atoms in total. The zero-order chi connectivity index (χ0) is 24.5. The molecule has 0 atom stereocenters. The third-order valence-electron chi connectivity index (χ3n) is 4.80. The van der Waals surface area contributed by atoms with Gasteiger partial charge in [0.05, 0.1) is 17.7 Å². The van der Waals surface area contributed by atoms with Crippen molar-refractivity contribution >= 4 is 11.9 Å². The fourth-order valence-corrected chi connectivity index (χ4v) is 3.14. The number of carbonyl (C=O) groups excluding carboxylic acids is 2. The molecule has 0 heterocycles. The molecule has 0 saturated heterocycles. The van der Waals surface area contributed by atoms with Crippen molar-refractivity contribution in [1.29, 1.82) is 0 Å². The number of nitrogens with zero attached hydrogens (tertiary/aromatic N) is 1. The molecule has 2 rings (SSSR count). The molecule has 1 saturated carbocycles. The number of hydrogen-bond donors (Lipinski definition) is 1. The molecule has 180 valence electrons. The van der Waals surface area contributed by atoms with Gasteiger partial charge in [-0.2, -0.15) is 44.6 Å². The van der Waals surface area contributed by atoms with Gasteiger partial charge in [0.1, 0.15) is 0 Å². The van der Waals surface area contributed by atoms with E-state index < -0.39 is 59.6 Å². The summed E-state index contributed by atoms with van der Waals surface area (Å²) in [6, 6.07) is -0.359. The van der Waals surface area contributed by atoms with Gasteiger partial charge >= 0.3 is 24.5 Å². The van der Waals surface area contributed by atoms with Crippen LogP contribution in [-0.2, 0) is 22.0 Å². The van der Waals surface area contributed by atoms with Crippen molar-refractivity contribution in [3.63, 3.8) is 0 Å². The van der Waals surface area contributed by atoms with E-state index in [0.29, 0.717) is 25.7 Å². The Morgan fingerprint density at radius 3 is 1.75 bits per heavy atom. The van der Waals surface area contributed by atoms with Gasteiger partial charge in [-0.1, -0.05) is 0 Å². The zero-order valence-electron chi connectivity index (χ0n) is 16.1. The summed E-state index contributed by atoms with van der Waals surface area (Å²) < 4.78 is 116. The van der Waals surface area contributed by atoms with Crippen LogP contribution >= 0.6 is 0 Å². The maximum absolute atomic E-state index is 13.0. The fourth-order valence-electron chi connectivity index (χ4n) is 3.14. The molecule has 0 spiro atoms. The van der Waals surface area contributed by atoms with Crippen molar-refractivity contribution in [2.24, 2.45) is 11.7 Å². The highest BCUT2D eigenvalue weighted by Crippen LogP contribution is 2.37. The molecule has 1 amide bonds. The standard InChI is InChI=1S/C18H17F9N2O3/c19-16(20,21)11-5-10(6-12(7-11)17(22,23)24)14(30)29(32-15(31)18(25,26)27)8-9-1-3-13(28)4-2-9/h5-7,9,13H,1-4,8,28H2. The van der Waals surface area contributed by atoms with Crippen LogP contribution in [0.1, 0.15) is 47.2 Å². The number of amides is 1. The second-order valence-corrected chi connectivity index (χ2v) is 7.32. The second kappa shape index (κ2) is 9.16. The molecule has 14 heteroatoms. The second-order valence-electron chi connectivity index (χ2n) is 7.32. The number of hydrogen-bond acceptors (Lipinski definition) is 4. The molecule has 0 unspecified atom stereocenters. The summed E-state index contributed by atoms with van der Waals surface area (Å²) in [6.07, 6.45) is -14.7. The third kappa shape index (κ3) is 6.74. The molecule has 0 aromatic heterocycles. The van der Waals surface area contributed by atoms with Gasteiger partial charge in [0, 0.05) is 11.6 Å². The Kier molecular flexibility index (Phi) is 7.37. The van der Waals surface area contributed by atoms with Gasteiger partial charge in [-0.05, 0) is 49.8 Å². The van der Waals surface area contributed by atoms with E-state index in [1.54, 1.807) is 0 Å². The summed E-state index contributed by atoms with van der Waals surface area (Å²) >= 11 is 0. The Balaban J connectivity index is 2.43. The number of benzene rings is 1. The topological polar surface area (TPSA) is 72.6 Å². The van der Waals surface area contributed by atoms with Crippen molar-refractivity contribution in [3.8, 4) is 0 Å². The first kappa shape index (κ1) is 25.7. The molecule has 1 aromatic carbocycles. The summed E-state index contributed by atoms with van der Waals surface area (Å²) in [4.78, 5) is 27.9. The van der Waals surface area contributed by atoms with E-state index in [2.05, 4.69) is 4.84 Å². The van der Waals surface area contributed by atoms with Gasteiger partial charge in [-0.25, -0.2) is 4.79 Å². The first-order valence-corrected chi connectivity index (χ1v) is 9.14. The highest BCUT2D eigenvalue weighted by molar-refractivity contribution is 5.95. The lowest BCUT2D eigenvalue weighted by Gasteiger charge is -2.30. The van der Waals surface area contributed by atoms with E-state index in [1.807, 2.05) is 0 Å². The van der Waals surface area contributed by atoms with Crippen LogP contribution < -0.4 is 5.73 Å². The third-order valence-corrected chi connectivity index (χ3v) is 4.80. The van der Waals surface area contributed by atoms with Crippen molar-refractivity contribution < 1.29 is 53.9 Å². The monoisotopic (exact) mass is 480 g/mol. The minimum absolute atomic E-state index is 0.0444. The van der Waals surface area contributed by atoms with E-state index in [1.165, 1.54) is 0 Å². The molecule has 1 aliphatic rings. The predicted octanol–water partition coefficient (Wildman–Crippen LogP) is 4.70. The van der Waals surface area contributed by atoms with Gasteiger partial charge in [0.15, 0.2) is 0 Å². The Hall–Kier alpha value is -2.51. The molecular weight excluding hydrogens is 463 g/mol. The largest absolute Gasteiger partial charge is 0.493 e. The van der Waals surface area contributed by atoms with Gasteiger partial charge in [0.2, 0.25) is 0 Å². The normalized spacial score (nSPS) is 20.1. The van der Waals surface area contributed by atoms with E-state index >= 15 is 0 Å². The summed E-state index contributed by atoms with van der Waals surface area (Å²) in [5.41, 5.74) is 0.771. The first-order chi connectivity index (χ1) is 14.5. The summed E-state index contributed by atoms with van der Waals surface area (Å²) in [5.74, 6) is -5.14.